The Labute approximate surface area is 123 Å². The van der Waals surface area contributed by atoms with E-state index in [1.54, 1.807) is 49.3 Å². The van der Waals surface area contributed by atoms with Crippen LogP contribution in [0.25, 0.3) is 0 Å². The molecule has 1 rings (SSSR count). The van der Waals surface area contributed by atoms with Crippen LogP contribution in [0.1, 0.15) is 12.0 Å². The second kappa shape index (κ2) is 8.36. The first kappa shape index (κ1) is 17.1. The number of ether oxygens (including phenoxy) is 1. The number of halogens is 1. The Bertz CT molecular complexity index is 464. The highest BCUT2D eigenvalue weighted by Gasteiger charge is 2.27. The first-order chi connectivity index (χ1) is 9.90. The molecule has 0 bridgehead atoms. The van der Waals surface area contributed by atoms with Gasteiger partial charge in [0.1, 0.15) is 0 Å². The van der Waals surface area contributed by atoms with Crippen LogP contribution in [-0.2, 0) is 20.7 Å². The van der Waals surface area contributed by atoms with E-state index in [2.05, 4.69) is 0 Å². The molecule has 6 heteroatoms. The third kappa shape index (κ3) is 6.35. The molecule has 0 aliphatic heterocycles. The Morgan fingerprint density at radius 1 is 1.29 bits per heavy atom. The molecule has 0 aromatic heterocycles. The maximum Gasteiger partial charge on any atom is 0.345 e. The Morgan fingerprint density at radius 2 is 1.90 bits per heavy atom. The Balaban J connectivity index is 2.58. The Morgan fingerprint density at radius 3 is 2.43 bits per heavy atom. The van der Waals surface area contributed by atoms with Crippen LogP contribution in [0.4, 0.5) is 4.39 Å². The number of hydrogen-bond acceptors (Lipinski definition) is 4. The number of aliphatic carboxylic acids is 1. The number of nitrogens with zero attached hydrogens (tertiary/aromatic N) is 1. The predicted molar refractivity (Wildman–Crippen MR) is 75.7 cm³/mol. The van der Waals surface area contributed by atoms with Gasteiger partial charge in [-0.15, -0.1) is 0 Å². The van der Waals surface area contributed by atoms with Gasteiger partial charge in [0.15, 0.2) is 6.17 Å². The first-order valence-electron chi connectivity index (χ1n) is 6.66. The molecule has 0 amide bonds. The van der Waals surface area contributed by atoms with Crippen molar-refractivity contribution in [3.63, 3.8) is 0 Å². The summed E-state index contributed by atoms with van der Waals surface area (Å²) in [5.74, 6) is -2.41. The molecule has 21 heavy (non-hydrogen) atoms. The summed E-state index contributed by atoms with van der Waals surface area (Å²) in [4.78, 5) is 24.4. The second-order valence-corrected chi connectivity index (χ2v) is 5.01. The fraction of sp³-hybridized carbons (Fsp3) is 0.467. The smallest absolute Gasteiger partial charge is 0.345 e. The highest BCUT2D eigenvalue weighted by Crippen LogP contribution is 2.10. The van der Waals surface area contributed by atoms with E-state index in [1.165, 1.54) is 0 Å². The lowest BCUT2D eigenvalue weighted by atomic mass is 10.1. The fourth-order valence-corrected chi connectivity index (χ4v) is 1.71. The summed E-state index contributed by atoms with van der Waals surface area (Å²) in [6.07, 6.45) is -3.20. The zero-order chi connectivity index (χ0) is 15.8. The normalized spacial score (nSPS) is 13.7. The van der Waals surface area contributed by atoms with Crippen molar-refractivity contribution in [2.24, 2.45) is 0 Å². The highest BCUT2D eigenvalue weighted by atomic mass is 19.1. The van der Waals surface area contributed by atoms with E-state index >= 15 is 0 Å². The summed E-state index contributed by atoms with van der Waals surface area (Å²) in [6, 6.07) is 8.76. The van der Waals surface area contributed by atoms with Gasteiger partial charge in [-0.2, -0.15) is 0 Å². The average molecular weight is 297 g/mol. The number of alkyl halides is 1. The lowest BCUT2D eigenvalue weighted by Crippen LogP contribution is -2.33. The van der Waals surface area contributed by atoms with Gasteiger partial charge in [-0.3, -0.25) is 0 Å². The van der Waals surface area contributed by atoms with Gasteiger partial charge >= 0.3 is 11.9 Å². The first-order valence-corrected chi connectivity index (χ1v) is 6.66. The van der Waals surface area contributed by atoms with Crippen LogP contribution in [0.2, 0.25) is 0 Å². The molecule has 0 aliphatic carbocycles. The van der Waals surface area contributed by atoms with E-state index in [0.29, 0.717) is 12.1 Å². The van der Waals surface area contributed by atoms with Crippen LogP contribution < -0.4 is 0 Å². The molecule has 1 aromatic rings. The van der Waals surface area contributed by atoms with Gasteiger partial charge in [0.05, 0.1) is 0 Å². The van der Waals surface area contributed by atoms with Crippen LogP contribution in [0.15, 0.2) is 30.3 Å². The van der Waals surface area contributed by atoms with Crippen molar-refractivity contribution in [2.45, 2.75) is 25.1 Å². The minimum absolute atomic E-state index is 0.0162. The molecule has 1 aromatic carbocycles. The summed E-state index contributed by atoms with van der Waals surface area (Å²) in [5, 5.41) is 9.08. The molecular formula is C15H20FNO4. The van der Waals surface area contributed by atoms with Gasteiger partial charge < -0.3 is 14.7 Å². The maximum absolute atomic E-state index is 13.6. The number of benzene rings is 1. The molecule has 1 N–H and O–H groups in total. The van der Waals surface area contributed by atoms with Crippen LogP contribution in [0.3, 0.4) is 0 Å². The number of carbonyl (C=O) groups is 2. The molecule has 0 fully saturated rings. The lowest BCUT2D eigenvalue weighted by molar-refractivity contribution is -0.167. The topological polar surface area (TPSA) is 66.8 Å². The summed E-state index contributed by atoms with van der Waals surface area (Å²) >= 11 is 0. The van der Waals surface area contributed by atoms with E-state index in [-0.39, 0.29) is 12.8 Å². The zero-order valence-corrected chi connectivity index (χ0v) is 12.2. The minimum atomic E-state index is -1.81. The number of carbonyl (C=O) groups excluding carboxylic acids is 1. The van der Waals surface area contributed by atoms with Gasteiger partial charge in [0.25, 0.3) is 0 Å². The van der Waals surface area contributed by atoms with Crippen molar-refractivity contribution in [3.05, 3.63) is 35.9 Å². The number of carboxylic acid groups (broad SMARTS) is 1. The van der Waals surface area contributed by atoms with Gasteiger partial charge in [0, 0.05) is 19.4 Å². The number of esters is 1. The summed E-state index contributed by atoms with van der Waals surface area (Å²) < 4.78 is 18.4. The Hall–Kier alpha value is -1.95. The maximum atomic E-state index is 13.6. The van der Waals surface area contributed by atoms with Crippen molar-refractivity contribution >= 4 is 11.9 Å². The molecule has 116 valence electrons. The molecule has 0 heterocycles. The SMILES string of the molecule is CN(C)CC[C@@H](F)C(=O)O[C@H](Cc1ccccc1)C(=O)O. The molecule has 2 atom stereocenters. The quantitative estimate of drug-likeness (QED) is 0.737. The standard InChI is InChI=1S/C15H20FNO4/c1-17(2)9-8-12(16)15(20)21-13(14(18)19)10-11-6-4-3-5-7-11/h3-7,12-13H,8-10H2,1-2H3,(H,18,19)/t12-,13-/m1/s1. The summed E-state index contributed by atoms with van der Waals surface area (Å²) in [5.41, 5.74) is 0.710. The largest absolute Gasteiger partial charge is 0.478 e. The number of rotatable bonds is 8. The van der Waals surface area contributed by atoms with Crippen LogP contribution in [0, 0.1) is 0 Å². The van der Waals surface area contributed by atoms with E-state index in [9.17, 15) is 14.0 Å². The molecule has 0 saturated carbocycles. The lowest BCUT2D eigenvalue weighted by Gasteiger charge is -2.16. The van der Waals surface area contributed by atoms with Crippen molar-refractivity contribution in [2.75, 3.05) is 20.6 Å². The third-order valence-corrected chi connectivity index (χ3v) is 2.88. The molecule has 5 nitrogen and oxygen atoms in total. The van der Waals surface area contributed by atoms with Crippen molar-refractivity contribution < 1.29 is 23.8 Å². The van der Waals surface area contributed by atoms with Crippen LogP contribution in [-0.4, -0.2) is 54.9 Å². The summed E-state index contributed by atoms with van der Waals surface area (Å²) in [6.45, 7) is 0.382. The highest BCUT2D eigenvalue weighted by molar-refractivity contribution is 5.80. The third-order valence-electron chi connectivity index (χ3n) is 2.88. The predicted octanol–water partition coefficient (Wildman–Crippen LogP) is 1.52. The molecule has 0 saturated heterocycles. The van der Waals surface area contributed by atoms with Crippen molar-refractivity contribution in [1.82, 2.24) is 4.90 Å². The van der Waals surface area contributed by atoms with Crippen LogP contribution in [0.5, 0.6) is 0 Å². The Kier molecular flexibility index (Phi) is 6.81. The monoisotopic (exact) mass is 297 g/mol. The van der Waals surface area contributed by atoms with Gasteiger partial charge in [-0.05, 0) is 19.7 Å². The number of carboxylic acids is 1. The van der Waals surface area contributed by atoms with Crippen molar-refractivity contribution in [3.8, 4) is 0 Å². The molecule has 0 radical (unpaired) electrons. The second-order valence-electron chi connectivity index (χ2n) is 5.01. The zero-order valence-electron chi connectivity index (χ0n) is 12.2. The van der Waals surface area contributed by atoms with Crippen molar-refractivity contribution in [1.29, 1.82) is 0 Å². The molecule has 0 unspecified atom stereocenters. The van der Waals surface area contributed by atoms with E-state index in [4.69, 9.17) is 9.84 Å². The van der Waals surface area contributed by atoms with Gasteiger partial charge in [0.2, 0.25) is 6.10 Å². The van der Waals surface area contributed by atoms with E-state index in [1.807, 2.05) is 0 Å². The van der Waals surface area contributed by atoms with Gasteiger partial charge in [-0.1, -0.05) is 30.3 Å². The van der Waals surface area contributed by atoms with E-state index in [0.717, 1.165) is 0 Å². The molecule has 0 spiro atoms. The average Bonchev–Trinajstić information content (AvgIpc) is 2.44. The van der Waals surface area contributed by atoms with Gasteiger partial charge in [-0.25, -0.2) is 14.0 Å². The summed E-state index contributed by atoms with van der Waals surface area (Å²) in [7, 11) is 3.51. The van der Waals surface area contributed by atoms with E-state index < -0.39 is 24.2 Å². The molecule has 0 aliphatic rings. The molecular weight excluding hydrogens is 277 g/mol. The fourth-order valence-electron chi connectivity index (χ4n) is 1.71. The minimum Gasteiger partial charge on any atom is -0.478 e. The number of hydrogen-bond donors (Lipinski definition) is 1. The van der Waals surface area contributed by atoms with Crippen LogP contribution >= 0.6 is 0 Å².